The van der Waals surface area contributed by atoms with Gasteiger partial charge in [-0.25, -0.2) is 8.42 Å². The van der Waals surface area contributed by atoms with Crippen molar-refractivity contribution >= 4 is 27.3 Å². The van der Waals surface area contributed by atoms with E-state index >= 15 is 0 Å². The number of carbonyl (C=O) groups excluding carboxylic acids is 1. The maximum atomic E-state index is 13.4. The molecule has 0 unspecified atom stereocenters. The van der Waals surface area contributed by atoms with Gasteiger partial charge < -0.3 is 14.7 Å². The third-order valence-corrected chi connectivity index (χ3v) is 6.95. The highest BCUT2D eigenvalue weighted by Gasteiger charge is 2.46. The Balaban J connectivity index is 2.12. The standard InChI is InChI=1S/C21H22ClNO5S/c1-14-4-6-15(7-5-14)18-20(19(24)21(25)23(18)12-3-13-28-2)29(26,27)17-10-8-16(22)9-11-17/h4-11,18,24H,3,12-13H2,1-2H3/t18-/m0/s1. The van der Waals surface area contributed by atoms with Crippen LogP contribution in [0.15, 0.2) is 64.1 Å². The summed E-state index contributed by atoms with van der Waals surface area (Å²) in [6.07, 6.45) is 0.506. The molecule has 0 aliphatic carbocycles. The van der Waals surface area contributed by atoms with Gasteiger partial charge in [-0.15, -0.1) is 0 Å². The third kappa shape index (κ3) is 4.17. The number of aliphatic hydroxyl groups excluding tert-OH is 1. The Labute approximate surface area is 175 Å². The first-order valence-electron chi connectivity index (χ1n) is 9.07. The summed E-state index contributed by atoms with van der Waals surface area (Å²) >= 11 is 5.88. The lowest BCUT2D eigenvalue weighted by Crippen LogP contribution is -2.32. The maximum absolute atomic E-state index is 13.4. The predicted octanol–water partition coefficient (Wildman–Crippen LogP) is 3.81. The van der Waals surface area contributed by atoms with Crippen LogP contribution in [-0.4, -0.2) is 44.6 Å². The van der Waals surface area contributed by atoms with Crippen LogP contribution in [0.2, 0.25) is 5.02 Å². The molecule has 1 heterocycles. The zero-order chi connectivity index (χ0) is 21.2. The molecule has 0 spiro atoms. The molecule has 3 rings (SSSR count). The zero-order valence-electron chi connectivity index (χ0n) is 16.1. The van der Waals surface area contributed by atoms with E-state index in [1.807, 2.05) is 19.1 Å². The molecule has 0 fully saturated rings. The van der Waals surface area contributed by atoms with Crippen LogP contribution in [-0.2, 0) is 19.4 Å². The first kappa shape index (κ1) is 21.4. The summed E-state index contributed by atoms with van der Waals surface area (Å²) in [5.74, 6) is -1.46. The average Bonchev–Trinajstić information content (AvgIpc) is 2.94. The summed E-state index contributed by atoms with van der Waals surface area (Å²) in [7, 11) is -2.58. The van der Waals surface area contributed by atoms with Gasteiger partial charge in [-0.3, -0.25) is 4.79 Å². The number of carbonyl (C=O) groups is 1. The highest BCUT2D eigenvalue weighted by molar-refractivity contribution is 7.95. The number of methoxy groups -OCH3 is 1. The summed E-state index contributed by atoms with van der Waals surface area (Å²) < 4.78 is 31.8. The van der Waals surface area contributed by atoms with E-state index in [9.17, 15) is 18.3 Å². The molecule has 1 N–H and O–H groups in total. The number of halogens is 1. The normalized spacial score (nSPS) is 17.3. The van der Waals surface area contributed by atoms with E-state index in [0.717, 1.165) is 5.56 Å². The van der Waals surface area contributed by atoms with Crippen molar-refractivity contribution in [3.05, 3.63) is 75.3 Å². The molecule has 2 aromatic rings. The second kappa shape index (κ2) is 8.57. The SMILES string of the molecule is COCCCN1C(=O)C(O)=C(S(=O)(=O)c2ccc(Cl)cc2)[C@@H]1c1ccc(C)cc1. The topological polar surface area (TPSA) is 83.9 Å². The quantitative estimate of drug-likeness (QED) is 0.668. The first-order chi connectivity index (χ1) is 13.8. The van der Waals surface area contributed by atoms with E-state index < -0.39 is 27.5 Å². The van der Waals surface area contributed by atoms with Crippen molar-refractivity contribution in [2.75, 3.05) is 20.3 Å². The zero-order valence-corrected chi connectivity index (χ0v) is 17.7. The van der Waals surface area contributed by atoms with Gasteiger partial charge in [-0.05, 0) is 43.2 Å². The fourth-order valence-corrected chi connectivity index (χ4v) is 5.11. The van der Waals surface area contributed by atoms with Crippen molar-refractivity contribution in [3.63, 3.8) is 0 Å². The molecule has 2 aromatic carbocycles. The average molecular weight is 436 g/mol. The lowest BCUT2D eigenvalue weighted by Gasteiger charge is -2.27. The van der Waals surface area contributed by atoms with Gasteiger partial charge in [0.1, 0.15) is 4.91 Å². The van der Waals surface area contributed by atoms with Gasteiger partial charge >= 0.3 is 0 Å². The molecule has 0 saturated heterocycles. The second-order valence-electron chi connectivity index (χ2n) is 6.83. The fourth-order valence-electron chi connectivity index (χ4n) is 3.33. The number of benzene rings is 2. The molecule has 1 atom stereocenters. The van der Waals surface area contributed by atoms with E-state index in [-0.39, 0.29) is 16.3 Å². The van der Waals surface area contributed by atoms with Crippen LogP contribution in [0.25, 0.3) is 0 Å². The Morgan fingerprint density at radius 1 is 1.10 bits per heavy atom. The highest BCUT2D eigenvalue weighted by atomic mass is 35.5. The summed E-state index contributed by atoms with van der Waals surface area (Å²) in [6.45, 7) is 2.57. The summed E-state index contributed by atoms with van der Waals surface area (Å²) in [6, 6.07) is 12.0. The number of aryl methyl sites for hydroxylation is 1. The number of sulfone groups is 1. The van der Waals surface area contributed by atoms with E-state index in [1.54, 1.807) is 19.2 Å². The van der Waals surface area contributed by atoms with Crippen molar-refractivity contribution in [1.29, 1.82) is 0 Å². The summed E-state index contributed by atoms with van der Waals surface area (Å²) in [5.41, 5.74) is 1.61. The van der Waals surface area contributed by atoms with Gasteiger partial charge in [0.15, 0.2) is 5.76 Å². The minimum atomic E-state index is -4.13. The molecular formula is C21H22ClNO5S. The van der Waals surface area contributed by atoms with Crippen LogP contribution < -0.4 is 0 Å². The van der Waals surface area contributed by atoms with E-state index in [2.05, 4.69) is 0 Å². The van der Waals surface area contributed by atoms with Gasteiger partial charge in [0, 0.05) is 25.3 Å². The highest BCUT2D eigenvalue weighted by Crippen LogP contribution is 2.42. The Morgan fingerprint density at radius 3 is 2.31 bits per heavy atom. The molecule has 1 aliphatic heterocycles. The molecule has 8 heteroatoms. The van der Waals surface area contributed by atoms with Gasteiger partial charge in [0.25, 0.3) is 5.91 Å². The van der Waals surface area contributed by atoms with Gasteiger partial charge in [0.2, 0.25) is 9.84 Å². The fraction of sp³-hybridized carbons (Fsp3) is 0.286. The van der Waals surface area contributed by atoms with Gasteiger partial charge in [-0.1, -0.05) is 41.4 Å². The van der Waals surface area contributed by atoms with Crippen LogP contribution in [0.5, 0.6) is 0 Å². The van der Waals surface area contributed by atoms with Crippen LogP contribution in [0.4, 0.5) is 0 Å². The lowest BCUT2D eigenvalue weighted by atomic mass is 10.0. The van der Waals surface area contributed by atoms with Gasteiger partial charge in [-0.2, -0.15) is 0 Å². The minimum absolute atomic E-state index is 0.0351. The largest absolute Gasteiger partial charge is 0.502 e. The van der Waals surface area contributed by atoms with Crippen molar-refractivity contribution in [1.82, 2.24) is 4.90 Å². The number of nitrogens with zero attached hydrogens (tertiary/aromatic N) is 1. The van der Waals surface area contributed by atoms with Gasteiger partial charge in [0.05, 0.1) is 10.9 Å². The number of rotatable bonds is 7. The Bertz CT molecular complexity index is 1030. The van der Waals surface area contributed by atoms with Crippen LogP contribution in [0.1, 0.15) is 23.6 Å². The van der Waals surface area contributed by atoms with Crippen LogP contribution >= 0.6 is 11.6 Å². The first-order valence-corrected chi connectivity index (χ1v) is 10.9. The molecule has 29 heavy (non-hydrogen) atoms. The number of hydrogen-bond donors (Lipinski definition) is 1. The Hall–Kier alpha value is -2.35. The summed E-state index contributed by atoms with van der Waals surface area (Å²) in [4.78, 5) is 13.8. The monoisotopic (exact) mass is 435 g/mol. The lowest BCUT2D eigenvalue weighted by molar-refractivity contribution is -0.129. The van der Waals surface area contributed by atoms with Crippen molar-refractivity contribution in [3.8, 4) is 0 Å². The minimum Gasteiger partial charge on any atom is -0.502 e. The molecule has 1 amide bonds. The molecule has 154 valence electrons. The van der Waals surface area contributed by atoms with Crippen LogP contribution in [0.3, 0.4) is 0 Å². The number of amides is 1. The Kier molecular flexibility index (Phi) is 6.31. The van der Waals surface area contributed by atoms with Crippen LogP contribution in [0, 0.1) is 6.92 Å². The molecule has 6 nitrogen and oxygen atoms in total. The van der Waals surface area contributed by atoms with Crippen molar-refractivity contribution in [2.24, 2.45) is 0 Å². The molecular weight excluding hydrogens is 414 g/mol. The van der Waals surface area contributed by atoms with E-state index in [1.165, 1.54) is 29.2 Å². The molecule has 0 aromatic heterocycles. The molecule has 0 saturated carbocycles. The smallest absolute Gasteiger partial charge is 0.290 e. The molecule has 0 bridgehead atoms. The molecule has 1 aliphatic rings. The number of aliphatic hydroxyl groups is 1. The third-order valence-electron chi connectivity index (χ3n) is 4.81. The number of ether oxygens (including phenoxy) is 1. The Morgan fingerprint density at radius 2 is 1.72 bits per heavy atom. The molecule has 0 radical (unpaired) electrons. The van der Waals surface area contributed by atoms with E-state index in [4.69, 9.17) is 16.3 Å². The number of hydrogen-bond acceptors (Lipinski definition) is 5. The summed E-state index contributed by atoms with van der Waals surface area (Å²) in [5, 5.41) is 11.0. The van der Waals surface area contributed by atoms with E-state index in [0.29, 0.717) is 23.6 Å². The maximum Gasteiger partial charge on any atom is 0.290 e. The second-order valence-corrected chi connectivity index (χ2v) is 9.18. The predicted molar refractivity (Wildman–Crippen MR) is 110 cm³/mol. The van der Waals surface area contributed by atoms with Crippen molar-refractivity contribution in [2.45, 2.75) is 24.3 Å². The van der Waals surface area contributed by atoms with Crippen molar-refractivity contribution < 1.29 is 23.1 Å².